The van der Waals surface area contributed by atoms with E-state index in [0.717, 1.165) is 29.0 Å². The summed E-state index contributed by atoms with van der Waals surface area (Å²) in [6, 6.07) is 13.5. The Hall–Kier alpha value is -2.95. The summed E-state index contributed by atoms with van der Waals surface area (Å²) in [5, 5.41) is 0. The SMILES string of the molecule is CCc1cc(OCc2cccc(OC)c2)nc(-c2ccncc2)n1. The van der Waals surface area contributed by atoms with Crippen LogP contribution in [0.2, 0.25) is 0 Å². The number of nitrogens with zero attached hydrogens (tertiary/aromatic N) is 3. The Morgan fingerprint density at radius 3 is 2.58 bits per heavy atom. The molecule has 122 valence electrons. The van der Waals surface area contributed by atoms with Gasteiger partial charge in [0.15, 0.2) is 5.82 Å². The summed E-state index contributed by atoms with van der Waals surface area (Å²) >= 11 is 0. The van der Waals surface area contributed by atoms with Crippen LogP contribution >= 0.6 is 0 Å². The van der Waals surface area contributed by atoms with Crippen LogP contribution in [0, 0.1) is 0 Å². The maximum Gasteiger partial charge on any atom is 0.217 e. The molecular formula is C19H19N3O2. The van der Waals surface area contributed by atoms with E-state index in [1.807, 2.05) is 42.5 Å². The van der Waals surface area contributed by atoms with E-state index in [2.05, 4.69) is 21.9 Å². The van der Waals surface area contributed by atoms with E-state index in [4.69, 9.17) is 9.47 Å². The highest BCUT2D eigenvalue weighted by Crippen LogP contribution is 2.20. The van der Waals surface area contributed by atoms with Crippen LogP contribution in [0.5, 0.6) is 11.6 Å². The summed E-state index contributed by atoms with van der Waals surface area (Å²) in [5.41, 5.74) is 2.89. The van der Waals surface area contributed by atoms with E-state index < -0.39 is 0 Å². The van der Waals surface area contributed by atoms with Gasteiger partial charge in [0.05, 0.1) is 7.11 Å². The highest BCUT2D eigenvalue weighted by Gasteiger charge is 2.07. The normalized spacial score (nSPS) is 10.4. The third-order valence-corrected chi connectivity index (χ3v) is 3.58. The van der Waals surface area contributed by atoms with Crippen molar-refractivity contribution in [1.82, 2.24) is 15.0 Å². The molecule has 5 heteroatoms. The summed E-state index contributed by atoms with van der Waals surface area (Å²) in [6.45, 7) is 2.48. The van der Waals surface area contributed by atoms with Gasteiger partial charge >= 0.3 is 0 Å². The maximum absolute atomic E-state index is 5.87. The van der Waals surface area contributed by atoms with Crippen molar-refractivity contribution in [2.45, 2.75) is 20.0 Å². The van der Waals surface area contributed by atoms with Crippen LogP contribution in [-0.2, 0) is 13.0 Å². The highest BCUT2D eigenvalue weighted by atomic mass is 16.5. The van der Waals surface area contributed by atoms with Gasteiger partial charge in [0.25, 0.3) is 0 Å². The quantitative estimate of drug-likeness (QED) is 0.693. The van der Waals surface area contributed by atoms with Gasteiger partial charge in [0.1, 0.15) is 12.4 Å². The molecule has 0 atom stereocenters. The molecule has 1 aromatic carbocycles. The van der Waals surface area contributed by atoms with Gasteiger partial charge in [0, 0.05) is 29.7 Å². The van der Waals surface area contributed by atoms with Gasteiger partial charge in [-0.2, -0.15) is 4.98 Å². The van der Waals surface area contributed by atoms with Crippen molar-refractivity contribution in [2.75, 3.05) is 7.11 Å². The van der Waals surface area contributed by atoms with E-state index >= 15 is 0 Å². The summed E-state index contributed by atoms with van der Waals surface area (Å²) < 4.78 is 11.1. The fourth-order valence-electron chi connectivity index (χ4n) is 2.28. The predicted octanol–water partition coefficient (Wildman–Crippen LogP) is 3.69. The Morgan fingerprint density at radius 1 is 1.00 bits per heavy atom. The van der Waals surface area contributed by atoms with Gasteiger partial charge < -0.3 is 9.47 Å². The van der Waals surface area contributed by atoms with Gasteiger partial charge in [-0.25, -0.2) is 4.98 Å². The number of methoxy groups -OCH3 is 1. The predicted molar refractivity (Wildman–Crippen MR) is 92.0 cm³/mol. The highest BCUT2D eigenvalue weighted by molar-refractivity contribution is 5.54. The Kier molecular flexibility index (Phi) is 5.01. The van der Waals surface area contributed by atoms with Gasteiger partial charge in [-0.1, -0.05) is 19.1 Å². The molecular weight excluding hydrogens is 302 g/mol. The number of hydrogen-bond donors (Lipinski definition) is 0. The van der Waals surface area contributed by atoms with Crippen LogP contribution < -0.4 is 9.47 Å². The van der Waals surface area contributed by atoms with Crippen molar-refractivity contribution in [3.8, 4) is 23.0 Å². The largest absolute Gasteiger partial charge is 0.497 e. The molecule has 3 aromatic rings. The molecule has 0 amide bonds. The lowest BCUT2D eigenvalue weighted by Crippen LogP contribution is -2.02. The standard InChI is InChI=1S/C19H19N3O2/c1-3-16-12-18(22-19(21-16)15-7-9-20-10-8-15)24-13-14-5-4-6-17(11-14)23-2/h4-12H,3,13H2,1-2H3. The van der Waals surface area contributed by atoms with E-state index in [-0.39, 0.29) is 0 Å². The van der Waals surface area contributed by atoms with Gasteiger partial charge in [0.2, 0.25) is 5.88 Å². The lowest BCUT2D eigenvalue weighted by Gasteiger charge is -2.10. The van der Waals surface area contributed by atoms with Crippen LogP contribution in [0.15, 0.2) is 54.9 Å². The second-order valence-electron chi connectivity index (χ2n) is 5.25. The van der Waals surface area contributed by atoms with Crippen molar-refractivity contribution in [2.24, 2.45) is 0 Å². The van der Waals surface area contributed by atoms with E-state index in [1.165, 1.54) is 0 Å². The second-order valence-corrected chi connectivity index (χ2v) is 5.25. The van der Waals surface area contributed by atoms with Crippen molar-refractivity contribution in [1.29, 1.82) is 0 Å². The minimum Gasteiger partial charge on any atom is -0.497 e. The molecule has 0 saturated carbocycles. The zero-order valence-electron chi connectivity index (χ0n) is 13.8. The first kappa shape index (κ1) is 15.9. The van der Waals surface area contributed by atoms with Crippen LogP contribution in [-0.4, -0.2) is 22.1 Å². The van der Waals surface area contributed by atoms with Crippen LogP contribution in [0.25, 0.3) is 11.4 Å². The van der Waals surface area contributed by atoms with E-state index in [0.29, 0.717) is 18.3 Å². The van der Waals surface area contributed by atoms with E-state index in [9.17, 15) is 0 Å². The molecule has 0 aliphatic heterocycles. The number of ether oxygens (including phenoxy) is 2. The van der Waals surface area contributed by atoms with Gasteiger partial charge in [-0.05, 0) is 36.2 Å². The molecule has 0 bridgehead atoms. The number of aryl methyl sites for hydroxylation is 1. The molecule has 0 aliphatic rings. The van der Waals surface area contributed by atoms with E-state index in [1.54, 1.807) is 19.5 Å². The average molecular weight is 321 g/mol. The Labute approximate surface area is 141 Å². The zero-order chi connectivity index (χ0) is 16.8. The summed E-state index contributed by atoms with van der Waals surface area (Å²) in [5.74, 6) is 2.03. The monoisotopic (exact) mass is 321 g/mol. The number of aromatic nitrogens is 3. The number of pyridine rings is 1. The molecule has 0 saturated heterocycles. The smallest absolute Gasteiger partial charge is 0.217 e. The lowest BCUT2D eigenvalue weighted by atomic mass is 10.2. The molecule has 0 radical (unpaired) electrons. The van der Waals surface area contributed by atoms with Gasteiger partial charge in [-0.15, -0.1) is 0 Å². The Morgan fingerprint density at radius 2 is 1.83 bits per heavy atom. The molecule has 0 fully saturated rings. The third kappa shape index (κ3) is 3.87. The minimum absolute atomic E-state index is 0.424. The molecule has 0 aliphatic carbocycles. The first-order valence-corrected chi connectivity index (χ1v) is 7.82. The fraction of sp³-hybridized carbons (Fsp3) is 0.211. The molecule has 0 unspecified atom stereocenters. The topological polar surface area (TPSA) is 57.1 Å². The van der Waals surface area contributed by atoms with Crippen molar-refractivity contribution >= 4 is 0 Å². The average Bonchev–Trinajstić information content (AvgIpc) is 2.67. The minimum atomic E-state index is 0.424. The second kappa shape index (κ2) is 7.55. The molecule has 5 nitrogen and oxygen atoms in total. The molecule has 0 spiro atoms. The summed E-state index contributed by atoms with van der Waals surface area (Å²) in [4.78, 5) is 13.1. The molecule has 0 N–H and O–H groups in total. The lowest BCUT2D eigenvalue weighted by molar-refractivity contribution is 0.292. The van der Waals surface area contributed by atoms with Gasteiger partial charge in [-0.3, -0.25) is 4.98 Å². The first-order chi connectivity index (χ1) is 11.8. The maximum atomic E-state index is 5.87. The summed E-state index contributed by atoms with van der Waals surface area (Å²) in [7, 11) is 1.65. The zero-order valence-corrected chi connectivity index (χ0v) is 13.8. The van der Waals surface area contributed by atoms with Crippen molar-refractivity contribution in [3.63, 3.8) is 0 Å². The molecule has 2 heterocycles. The molecule has 24 heavy (non-hydrogen) atoms. The van der Waals surface area contributed by atoms with Crippen LogP contribution in [0.4, 0.5) is 0 Å². The third-order valence-electron chi connectivity index (χ3n) is 3.58. The van der Waals surface area contributed by atoms with Crippen molar-refractivity contribution < 1.29 is 9.47 Å². The Bertz CT molecular complexity index is 807. The molecule has 2 aromatic heterocycles. The number of rotatable bonds is 6. The summed E-state index contributed by atoms with van der Waals surface area (Å²) in [6.07, 6.45) is 4.28. The fourth-order valence-corrected chi connectivity index (χ4v) is 2.28. The van der Waals surface area contributed by atoms with Crippen molar-refractivity contribution in [3.05, 3.63) is 66.1 Å². The first-order valence-electron chi connectivity index (χ1n) is 7.82. The Balaban J connectivity index is 1.82. The number of benzene rings is 1. The van der Waals surface area contributed by atoms with Crippen LogP contribution in [0.1, 0.15) is 18.2 Å². The van der Waals surface area contributed by atoms with Crippen LogP contribution in [0.3, 0.4) is 0 Å². The molecule has 3 rings (SSSR count). The number of hydrogen-bond acceptors (Lipinski definition) is 5.